The number of rotatable bonds is 4. The van der Waals surface area contributed by atoms with Gasteiger partial charge in [-0.1, -0.05) is 86.6 Å². The third-order valence-corrected chi connectivity index (χ3v) is 6.33. The van der Waals surface area contributed by atoms with E-state index in [9.17, 15) is 0 Å². The van der Waals surface area contributed by atoms with Gasteiger partial charge in [-0.25, -0.2) is 5.01 Å². The Kier molecular flexibility index (Phi) is 4.69. The molecule has 146 valence electrons. The molecule has 0 bridgehead atoms. The molecule has 0 saturated carbocycles. The van der Waals surface area contributed by atoms with Crippen molar-refractivity contribution >= 4 is 11.4 Å². The lowest BCUT2D eigenvalue weighted by molar-refractivity contribution is 0.117. The highest BCUT2D eigenvalue weighted by Crippen LogP contribution is 2.48. The summed E-state index contributed by atoms with van der Waals surface area (Å²) in [6.07, 6.45) is 1.29. The maximum atomic E-state index is 5.25. The second-order valence-corrected chi connectivity index (χ2v) is 7.81. The van der Waals surface area contributed by atoms with Crippen LogP contribution in [0.25, 0.3) is 0 Å². The minimum atomic E-state index is 0.192. The van der Waals surface area contributed by atoms with Crippen LogP contribution in [0.2, 0.25) is 0 Å². The number of hydrogen-bond donors (Lipinski definition) is 0. The van der Waals surface area contributed by atoms with E-state index in [0.29, 0.717) is 6.04 Å². The third kappa shape index (κ3) is 2.89. The highest BCUT2D eigenvalue weighted by Gasteiger charge is 2.48. The fraction of sp³-hybridized carbons (Fsp3) is 0.269. The SMILES string of the molecule is CC[C@H]1c2ccccc2[C@H]2C(c3ccccc3)=NN(c3ccccc3)[C@@H]2N1CC. The van der Waals surface area contributed by atoms with Crippen molar-refractivity contribution in [2.75, 3.05) is 11.6 Å². The monoisotopic (exact) mass is 381 g/mol. The largest absolute Gasteiger partial charge is 0.274 e. The predicted octanol–water partition coefficient (Wildman–Crippen LogP) is 5.81. The predicted molar refractivity (Wildman–Crippen MR) is 120 cm³/mol. The Balaban J connectivity index is 1.73. The number of hydrazone groups is 1. The quantitative estimate of drug-likeness (QED) is 0.568. The Labute approximate surface area is 173 Å². The average molecular weight is 382 g/mol. The van der Waals surface area contributed by atoms with E-state index in [4.69, 9.17) is 5.10 Å². The summed E-state index contributed by atoms with van der Waals surface area (Å²) in [5.41, 5.74) is 6.41. The average Bonchev–Trinajstić information content (AvgIpc) is 3.20. The normalized spacial score (nSPS) is 23.4. The zero-order valence-corrected chi connectivity index (χ0v) is 17.1. The molecule has 0 amide bonds. The van der Waals surface area contributed by atoms with Gasteiger partial charge in [0.05, 0.1) is 17.3 Å². The molecule has 0 spiro atoms. The third-order valence-electron chi connectivity index (χ3n) is 6.33. The number of anilines is 1. The van der Waals surface area contributed by atoms with Crippen molar-refractivity contribution in [3.8, 4) is 0 Å². The second-order valence-electron chi connectivity index (χ2n) is 7.81. The molecule has 3 aromatic rings. The van der Waals surface area contributed by atoms with Gasteiger partial charge >= 0.3 is 0 Å². The summed E-state index contributed by atoms with van der Waals surface area (Å²) >= 11 is 0. The lowest BCUT2D eigenvalue weighted by atomic mass is 9.78. The molecule has 2 heterocycles. The summed E-state index contributed by atoms with van der Waals surface area (Å²) in [6, 6.07) is 30.7. The van der Waals surface area contributed by atoms with E-state index in [2.05, 4.69) is 109 Å². The molecule has 0 unspecified atom stereocenters. The standard InChI is InChI=1S/C26H27N3/c1-3-23-21-17-11-12-18-22(21)24-25(19-13-7-5-8-14-19)27-29(26(24)28(23)4-2)20-15-9-6-10-16-20/h5-18,23-24,26H,3-4H2,1-2H3/t23-,24-,26-/m0/s1. The zero-order chi connectivity index (χ0) is 19.8. The molecule has 2 aliphatic heterocycles. The molecule has 3 aromatic carbocycles. The van der Waals surface area contributed by atoms with Crippen LogP contribution in [-0.2, 0) is 0 Å². The van der Waals surface area contributed by atoms with Crippen molar-refractivity contribution in [2.45, 2.75) is 38.4 Å². The maximum absolute atomic E-state index is 5.25. The summed E-state index contributed by atoms with van der Waals surface area (Å²) in [6.45, 7) is 5.57. The van der Waals surface area contributed by atoms with Gasteiger partial charge in [-0.05, 0) is 41.8 Å². The summed E-state index contributed by atoms with van der Waals surface area (Å²) < 4.78 is 0. The molecular formula is C26H27N3. The molecule has 3 heteroatoms. The smallest absolute Gasteiger partial charge is 0.118 e. The van der Waals surface area contributed by atoms with Crippen LogP contribution in [0.3, 0.4) is 0 Å². The van der Waals surface area contributed by atoms with Crippen LogP contribution in [0.4, 0.5) is 5.69 Å². The minimum absolute atomic E-state index is 0.192. The minimum Gasteiger partial charge on any atom is -0.274 e. The van der Waals surface area contributed by atoms with Gasteiger partial charge in [0.15, 0.2) is 0 Å². The molecule has 3 atom stereocenters. The molecule has 2 aliphatic rings. The zero-order valence-electron chi connectivity index (χ0n) is 17.1. The Morgan fingerprint density at radius 2 is 1.38 bits per heavy atom. The van der Waals surface area contributed by atoms with Gasteiger partial charge in [-0.15, -0.1) is 0 Å². The summed E-state index contributed by atoms with van der Waals surface area (Å²) in [5.74, 6) is 0.233. The Morgan fingerprint density at radius 3 is 2.03 bits per heavy atom. The molecule has 0 N–H and O–H groups in total. The topological polar surface area (TPSA) is 18.8 Å². The van der Waals surface area contributed by atoms with E-state index < -0.39 is 0 Å². The number of para-hydroxylation sites is 1. The number of nitrogens with zero attached hydrogens (tertiary/aromatic N) is 3. The lowest BCUT2D eigenvalue weighted by Crippen LogP contribution is -2.52. The highest BCUT2D eigenvalue weighted by molar-refractivity contribution is 6.08. The van der Waals surface area contributed by atoms with Crippen molar-refractivity contribution in [1.82, 2.24) is 4.90 Å². The number of hydrogen-bond acceptors (Lipinski definition) is 3. The van der Waals surface area contributed by atoms with Crippen molar-refractivity contribution in [3.05, 3.63) is 102 Å². The first kappa shape index (κ1) is 18.1. The van der Waals surface area contributed by atoms with E-state index in [0.717, 1.165) is 18.7 Å². The molecule has 0 saturated heterocycles. The van der Waals surface area contributed by atoms with Crippen LogP contribution in [0.1, 0.15) is 48.9 Å². The Morgan fingerprint density at radius 1 is 0.759 bits per heavy atom. The Hall–Kier alpha value is -2.91. The first-order valence-electron chi connectivity index (χ1n) is 10.7. The van der Waals surface area contributed by atoms with Crippen LogP contribution in [0, 0.1) is 0 Å². The van der Waals surface area contributed by atoms with E-state index in [-0.39, 0.29) is 12.1 Å². The first-order valence-corrected chi connectivity index (χ1v) is 10.7. The van der Waals surface area contributed by atoms with Crippen molar-refractivity contribution in [3.63, 3.8) is 0 Å². The second kappa shape index (κ2) is 7.49. The van der Waals surface area contributed by atoms with Gasteiger partial charge < -0.3 is 0 Å². The van der Waals surface area contributed by atoms with Gasteiger partial charge in [0, 0.05) is 6.04 Å². The van der Waals surface area contributed by atoms with Gasteiger partial charge in [0.2, 0.25) is 0 Å². The molecular weight excluding hydrogens is 354 g/mol. The molecule has 0 aliphatic carbocycles. The highest BCUT2D eigenvalue weighted by atomic mass is 15.6. The van der Waals surface area contributed by atoms with Crippen molar-refractivity contribution < 1.29 is 0 Å². The summed E-state index contributed by atoms with van der Waals surface area (Å²) in [4.78, 5) is 2.64. The van der Waals surface area contributed by atoms with Crippen LogP contribution >= 0.6 is 0 Å². The van der Waals surface area contributed by atoms with Crippen molar-refractivity contribution in [1.29, 1.82) is 0 Å². The number of benzene rings is 3. The number of likely N-dealkylation sites (N-methyl/N-ethyl adjacent to an activating group) is 1. The molecule has 0 aromatic heterocycles. The van der Waals surface area contributed by atoms with Gasteiger partial charge in [-0.3, -0.25) is 4.90 Å². The van der Waals surface area contributed by atoms with Gasteiger partial charge in [0.1, 0.15) is 6.17 Å². The molecule has 0 fully saturated rings. The number of fused-ring (bicyclic) bond motifs is 3. The fourth-order valence-electron chi connectivity index (χ4n) is 5.12. The van der Waals surface area contributed by atoms with E-state index in [1.165, 1.54) is 22.4 Å². The molecule has 29 heavy (non-hydrogen) atoms. The van der Waals surface area contributed by atoms with Crippen LogP contribution in [-0.4, -0.2) is 23.3 Å². The summed E-state index contributed by atoms with van der Waals surface area (Å²) in [5, 5.41) is 7.51. The fourth-order valence-corrected chi connectivity index (χ4v) is 5.12. The lowest BCUT2D eigenvalue weighted by Gasteiger charge is -2.46. The maximum Gasteiger partial charge on any atom is 0.118 e. The van der Waals surface area contributed by atoms with Crippen LogP contribution < -0.4 is 5.01 Å². The first-order chi connectivity index (χ1) is 14.3. The van der Waals surface area contributed by atoms with Crippen molar-refractivity contribution in [2.24, 2.45) is 5.10 Å². The molecule has 0 radical (unpaired) electrons. The van der Waals surface area contributed by atoms with Crippen LogP contribution in [0.15, 0.2) is 90.0 Å². The van der Waals surface area contributed by atoms with Gasteiger partial charge in [0.25, 0.3) is 0 Å². The van der Waals surface area contributed by atoms with Crippen LogP contribution in [0.5, 0.6) is 0 Å². The van der Waals surface area contributed by atoms with E-state index in [1.807, 2.05) is 0 Å². The van der Waals surface area contributed by atoms with Gasteiger partial charge in [-0.2, -0.15) is 5.10 Å². The van der Waals surface area contributed by atoms with E-state index >= 15 is 0 Å². The molecule has 3 nitrogen and oxygen atoms in total. The summed E-state index contributed by atoms with van der Waals surface area (Å²) in [7, 11) is 0. The Bertz CT molecular complexity index is 1010. The van der Waals surface area contributed by atoms with E-state index in [1.54, 1.807) is 0 Å². The molecule has 5 rings (SSSR count).